The number of benzene rings is 1. The lowest BCUT2D eigenvalue weighted by atomic mass is 9.84. The topological polar surface area (TPSA) is 55.1 Å². The van der Waals surface area contributed by atoms with Crippen LogP contribution in [0.25, 0.3) is 0 Å². The zero-order valence-electron chi connectivity index (χ0n) is 11.4. The summed E-state index contributed by atoms with van der Waals surface area (Å²) in [5.74, 6) is 0.0295. The fourth-order valence-corrected chi connectivity index (χ4v) is 1.82. The Balaban J connectivity index is 0.00000324. The van der Waals surface area contributed by atoms with Gasteiger partial charge in [-0.1, -0.05) is 23.7 Å². The summed E-state index contributed by atoms with van der Waals surface area (Å²) in [7, 11) is 0. The Labute approximate surface area is 126 Å². The maximum Gasteiger partial charge on any atom is 0.230 e. The van der Waals surface area contributed by atoms with Crippen LogP contribution in [0.1, 0.15) is 32.3 Å². The summed E-state index contributed by atoms with van der Waals surface area (Å²) in [4.78, 5) is 12.1. The number of carbonyl (C=O) groups is 1. The van der Waals surface area contributed by atoms with E-state index in [0.717, 1.165) is 18.4 Å². The Hall–Kier alpha value is -0.770. The first-order valence-electron chi connectivity index (χ1n) is 6.23. The molecule has 0 bridgehead atoms. The zero-order valence-corrected chi connectivity index (χ0v) is 13.0. The second kappa shape index (κ2) is 8.41. The highest BCUT2D eigenvalue weighted by Gasteiger charge is 2.29. The van der Waals surface area contributed by atoms with E-state index < -0.39 is 5.41 Å². The number of halogens is 2. The first kappa shape index (κ1) is 18.2. The first-order valence-corrected chi connectivity index (χ1v) is 6.60. The predicted molar refractivity (Wildman–Crippen MR) is 83.0 cm³/mol. The predicted octanol–water partition coefficient (Wildman–Crippen LogP) is 2.89. The molecule has 0 heterocycles. The van der Waals surface area contributed by atoms with Crippen LogP contribution in [-0.4, -0.2) is 19.0 Å². The van der Waals surface area contributed by atoms with Crippen LogP contribution in [0, 0.1) is 0 Å². The number of hydrogen-bond donors (Lipinski definition) is 2. The summed E-state index contributed by atoms with van der Waals surface area (Å²) in [6.45, 7) is 5.16. The van der Waals surface area contributed by atoms with Crippen LogP contribution in [-0.2, 0) is 10.2 Å². The van der Waals surface area contributed by atoms with Gasteiger partial charge in [0.15, 0.2) is 0 Å². The molecule has 1 aromatic carbocycles. The van der Waals surface area contributed by atoms with E-state index in [-0.39, 0.29) is 18.3 Å². The summed E-state index contributed by atoms with van der Waals surface area (Å²) in [5.41, 5.74) is 5.82. The lowest BCUT2D eigenvalue weighted by Crippen LogP contribution is -2.40. The van der Waals surface area contributed by atoms with E-state index in [1.165, 1.54) is 0 Å². The van der Waals surface area contributed by atoms with Gasteiger partial charge in [0.1, 0.15) is 0 Å². The van der Waals surface area contributed by atoms with Crippen molar-refractivity contribution in [3.63, 3.8) is 0 Å². The molecule has 3 N–H and O–H groups in total. The van der Waals surface area contributed by atoms with Gasteiger partial charge >= 0.3 is 0 Å². The minimum Gasteiger partial charge on any atom is -0.355 e. The first-order chi connectivity index (χ1) is 8.48. The van der Waals surface area contributed by atoms with Crippen molar-refractivity contribution in [2.24, 2.45) is 5.73 Å². The molecule has 0 atom stereocenters. The standard InChI is InChI=1S/C14H21ClN2O.ClH/c1-14(2,11-5-7-12(15)8-6-11)13(18)17-10-4-3-9-16;/h5-8H,3-4,9-10,16H2,1-2H3,(H,17,18);1H. The number of amides is 1. The number of carbonyl (C=O) groups excluding carboxylic acids is 1. The van der Waals surface area contributed by atoms with Gasteiger partial charge in [-0.3, -0.25) is 4.79 Å². The van der Waals surface area contributed by atoms with Crippen molar-refractivity contribution in [2.45, 2.75) is 32.1 Å². The van der Waals surface area contributed by atoms with E-state index in [1.807, 2.05) is 26.0 Å². The van der Waals surface area contributed by atoms with Crippen LogP contribution in [0.3, 0.4) is 0 Å². The average Bonchev–Trinajstić information content (AvgIpc) is 2.35. The number of nitrogens with two attached hydrogens (primary N) is 1. The van der Waals surface area contributed by atoms with Crippen molar-refractivity contribution < 1.29 is 4.79 Å². The molecule has 108 valence electrons. The third-order valence-corrected chi connectivity index (χ3v) is 3.30. The highest BCUT2D eigenvalue weighted by Crippen LogP contribution is 2.24. The summed E-state index contributed by atoms with van der Waals surface area (Å²) >= 11 is 5.85. The maximum atomic E-state index is 12.1. The molecular formula is C14H22Cl2N2O. The van der Waals surface area contributed by atoms with Gasteiger partial charge in [-0.15, -0.1) is 12.4 Å². The van der Waals surface area contributed by atoms with Crippen molar-refractivity contribution in [3.8, 4) is 0 Å². The highest BCUT2D eigenvalue weighted by atomic mass is 35.5. The normalized spacial score (nSPS) is 10.7. The smallest absolute Gasteiger partial charge is 0.230 e. The van der Waals surface area contributed by atoms with Crippen molar-refractivity contribution in [3.05, 3.63) is 34.9 Å². The Morgan fingerprint density at radius 1 is 1.26 bits per heavy atom. The molecule has 0 aromatic heterocycles. The van der Waals surface area contributed by atoms with Gasteiger partial charge in [-0.25, -0.2) is 0 Å². The quantitative estimate of drug-likeness (QED) is 0.794. The van der Waals surface area contributed by atoms with Crippen LogP contribution in [0.5, 0.6) is 0 Å². The molecule has 19 heavy (non-hydrogen) atoms. The summed E-state index contributed by atoms with van der Waals surface area (Å²) in [6.07, 6.45) is 1.85. The molecule has 0 saturated carbocycles. The lowest BCUT2D eigenvalue weighted by Gasteiger charge is -2.24. The summed E-state index contributed by atoms with van der Waals surface area (Å²) < 4.78 is 0. The van der Waals surface area contributed by atoms with Crippen LogP contribution < -0.4 is 11.1 Å². The van der Waals surface area contributed by atoms with Crippen LogP contribution in [0.15, 0.2) is 24.3 Å². The Bertz CT molecular complexity index is 391. The van der Waals surface area contributed by atoms with E-state index >= 15 is 0 Å². The largest absolute Gasteiger partial charge is 0.355 e. The lowest BCUT2D eigenvalue weighted by molar-refractivity contribution is -0.125. The number of hydrogen-bond acceptors (Lipinski definition) is 2. The molecule has 0 saturated heterocycles. The van der Waals surface area contributed by atoms with Gasteiger partial charge in [0.05, 0.1) is 5.41 Å². The molecule has 0 radical (unpaired) electrons. The van der Waals surface area contributed by atoms with Crippen molar-refractivity contribution in [1.82, 2.24) is 5.32 Å². The van der Waals surface area contributed by atoms with Crippen LogP contribution >= 0.6 is 24.0 Å². The zero-order chi connectivity index (χ0) is 13.6. The second-order valence-electron chi connectivity index (χ2n) is 4.88. The SMILES string of the molecule is CC(C)(C(=O)NCCCCN)c1ccc(Cl)cc1.Cl. The molecule has 0 aliphatic rings. The van der Waals surface area contributed by atoms with E-state index in [4.69, 9.17) is 17.3 Å². The second-order valence-corrected chi connectivity index (χ2v) is 5.32. The summed E-state index contributed by atoms with van der Waals surface area (Å²) in [5, 5.41) is 3.62. The highest BCUT2D eigenvalue weighted by molar-refractivity contribution is 6.30. The van der Waals surface area contributed by atoms with E-state index in [9.17, 15) is 4.79 Å². The fraction of sp³-hybridized carbons (Fsp3) is 0.500. The van der Waals surface area contributed by atoms with E-state index in [0.29, 0.717) is 18.1 Å². The Morgan fingerprint density at radius 3 is 2.37 bits per heavy atom. The van der Waals surface area contributed by atoms with E-state index in [1.54, 1.807) is 12.1 Å². The van der Waals surface area contributed by atoms with Gasteiger partial charge in [-0.05, 0) is 50.9 Å². The Morgan fingerprint density at radius 2 is 1.84 bits per heavy atom. The molecule has 0 unspecified atom stereocenters. The maximum absolute atomic E-state index is 12.1. The number of rotatable bonds is 6. The van der Waals surface area contributed by atoms with Gasteiger partial charge in [0.2, 0.25) is 5.91 Å². The molecule has 0 aliphatic carbocycles. The monoisotopic (exact) mass is 304 g/mol. The van der Waals surface area contributed by atoms with Gasteiger partial charge in [0.25, 0.3) is 0 Å². The van der Waals surface area contributed by atoms with Crippen molar-refractivity contribution in [1.29, 1.82) is 0 Å². The molecule has 0 spiro atoms. The third kappa shape index (κ3) is 5.39. The fourth-order valence-electron chi connectivity index (χ4n) is 1.69. The van der Waals surface area contributed by atoms with Crippen molar-refractivity contribution in [2.75, 3.05) is 13.1 Å². The minimum absolute atomic E-state index is 0. The molecule has 0 fully saturated rings. The van der Waals surface area contributed by atoms with E-state index in [2.05, 4.69) is 5.32 Å². The molecule has 0 aliphatic heterocycles. The van der Waals surface area contributed by atoms with Gasteiger partial charge in [0, 0.05) is 11.6 Å². The molecule has 1 amide bonds. The van der Waals surface area contributed by atoms with Crippen LogP contribution in [0.4, 0.5) is 0 Å². The van der Waals surface area contributed by atoms with Gasteiger partial charge in [-0.2, -0.15) is 0 Å². The van der Waals surface area contributed by atoms with Gasteiger partial charge < -0.3 is 11.1 Å². The van der Waals surface area contributed by atoms with Crippen LogP contribution in [0.2, 0.25) is 5.02 Å². The molecule has 1 rings (SSSR count). The Kier molecular flexibility index (Phi) is 8.07. The minimum atomic E-state index is -0.548. The molecular weight excluding hydrogens is 283 g/mol. The molecule has 1 aromatic rings. The van der Waals surface area contributed by atoms with Crippen molar-refractivity contribution >= 4 is 29.9 Å². The third-order valence-electron chi connectivity index (χ3n) is 3.05. The number of unbranched alkanes of at least 4 members (excludes halogenated alkanes) is 1. The average molecular weight is 305 g/mol. The number of nitrogens with one attached hydrogen (secondary N) is 1. The summed E-state index contributed by atoms with van der Waals surface area (Å²) in [6, 6.07) is 7.39. The molecule has 3 nitrogen and oxygen atoms in total. The molecule has 5 heteroatoms.